The number of anilines is 1. The molecule has 0 bridgehead atoms. The molecule has 146 valence electrons. The zero-order chi connectivity index (χ0) is 19.4. The van der Waals surface area contributed by atoms with Crippen molar-refractivity contribution in [3.05, 3.63) is 11.6 Å². The maximum absolute atomic E-state index is 15.9. The number of ether oxygens (including phenoxy) is 1. The van der Waals surface area contributed by atoms with E-state index in [1.54, 1.807) is 0 Å². The van der Waals surface area contributed by atoms with Crippen molar-refractivity contribution in [1.29, 1.82) is 0 Å². The smallest absolute Gasteiger partial charge is 0.475 e. The molecule has 4 rings (SSSR count). The van der Waals surface area contributed by atoms with Crippen LogP contribution < -0.4 is 5.73 Å². The number of rotatable bonds is 4. The summed E-state index contributed by atoms with van der Waals surface area (Å²) in [6.45, 7) is -1.77. The largest absolute Gasteiger partial charge is 0.480 e. The van der Waals surface area contributed by atoms with Crippen molar-refractivity contribution in [2.45, 2.75) is 18.0 Å². The Balaban J connectivity index is 1.71. The van der Waals surface area contributed by atoms with Crippen LogP contribution in [0.4, 0.5) is 10.2 Å². The van der Waals surface area contributed by atoms with Gasteiger partial charge in [-0.15, -0.1) is 0 Å². The van der Waals surface area contributed by atoms with E-state index in [2.05, 4.69) is 19.5 Å². The molecule has 27 heavy (non-hydrogen) atoms. The molecule has 12 nitrogen and oxygen atoms in total. The standard InChI is InChI=1S/C12H12ClFN5O7P/c13-11-17-9(15)7-10(18-11)19(4-16-7)12(14)3-23-5-1-24-27(22,26-8(5)12)25-2-6(20)21/h4-5,8H,1-3H2,(H,20,21)(H2,15,17,18)/t5-,8?,12?,27?/m1/s1. The molecule has 0 radical (unpaired) electrons. The summed E-state index contributed by atoms with van der Waals surface area (Å²) in [5.74, 6) is -3.85. The van der Waals surface area contributed by atoms with E-state index < -0.39 is 45.0 Å². The Kier molecular flexibility index (Phi) is 4.33. The van der Waals surface area contributed by atoms with E-state index in [0.717, 1.165) is 10.9 Å². The summed E-state index contributed by atoms with van der Waals surface area (Å²) in [6, 6.07) is 0. The highest BCUT2D eigenvalue weighted by molar-refractivity contribution is 7.48. The molecular weight excluding hydrogens is 412 g/mol. The van der Waals surface area contributed by atoms with Gasteiger partial charge >= 0.3 is 13.8 Å². The number of hydrogen-bond acceptors (Lipinski definition) is 10. The molecular formula is C12H12ClFN5O7P. The number of carboxylic acids is 1. The monoisotopic (exact) mass is 423 g/mol. The Labute approximate surface area is 155 Å². The zero-order valence-electron chi connectivity index (χ0n) is 13.3. The number of nitrogens with two attached hydrogens (primary N) is 1. The first-order chi connectivity index (χ1) is 12.7. The van der Waals surface area contributed by atoms with E-state index in [4.69, 9.17) is 36.2 Å². The number of aliphatic carboxylic acids is 1. The van der Waals surface area contributed by atoms with Crippen LogP contribution in [0.25, 0.3) is 11.2 Å². The third-order valence-corrected chi connectivity index (χ3v) is 5.62. The van der Waals surface area contributed by atoms with Gasteiger partial charge in [0.1, 0.15) is 18.2 Å². The molecule has 2 saturated heterocycles. The highest BCUT2D eigenvalue weighted by Crippen LogP contribution is 2.58. The van der Waals surface area contributed by atoms with Gasteiger partial charge in [-0.05, 0) is 11.6 Å². The molecule has 15 heteroatoms. The maximum atomic E-state index is 15.9. The van der Waals surface area contributed by atoms with Gasteiger partial charge in [0, 0.05) is 0 Å². The van der Waals surface area contributed by atoms with Crippen LogP contribution in [0, 0.1) is 0 Å². The Morgan fingerprint density at radius 3 is 3.11 bits per heavy atom. The molecule has 2 aliphatic heterocycles. The van der Waals surface area contributed by atoms with Crippen molar-refractivity contribution in [3.63, 3.8) is 0 Å². The van der Waals surface area contributed by atoms with Crippen molar-refractivity contribution in [1.82, 2.24) is 19.5 Å². The summed E-state index contributed by atoms with van der Waals surface area (Å²) in [4.78, 5) is 22.3. The molecule has 0 aromatic carbocycles. The summed E-state index contributed by atoms with van der Waals surface area (Å²) in [7, 11) is -4.32. The summed E-state index contributed by atoms with van der Waals surface area (Å²) in [6.07, 6.45) is -1.25. The van der Waals surface area contributed by atoms with Gasteiger partial charge in [-0.3, -0.25) is 18.1 Å². The summed E-state index contributed by atoms with van der Waals surface area (Å²) in [5.41, 5.74) is 5.81. The lowest BCUT2D eigenvalue weighted by atomic mass is 10.1. The predicted molar refractivity (Wildman–Crippen MR) is 85.6 cm³/mol. The first kappa shape index (κ1) is 18.5. The van der Waals surface area contributed by atoms with Crippen LogP contribution in [0.5, 0.6) is 0 Å². The fourth-order valence-corrected chi connectivity index (χ4v) is 4.41. The van der Waals surface area contributed by atoms with Gasteiger partial charge in [0.15, 0.2) is 24.2 Å². The quantitative estimate of drug-likeness (QED) is 0.526. The average molecular weight is 424 g/mol. The van der Waals surface area contributed by atoms with Crippen LogP contribution in [0.1, 0.15) is 0 Å². The van der Waals surface area contributed by atoms with E-state index in [9.17, 15) is 9.36 Å². The minimum Gasteiger partial charge on any atom is -0.480 e. The second-order valence-corrected chi connectivity index (χ2v) is 7.73. The van der Waals surface area contributed by atoms with Gasteiger partial charge < -0.3 is 15.6 Å². The highest BCUT2D eigenvalue weighted by Gasteiger charge is 2.60. The molecule has 3 unspecified atom stereocenters. The lowest BCUT2D eigenvalue weighted by Crippen LogP contribution is -2.47. The van der Waals surface area contributed by atoms with E-state index in [1.807, 2.05) is 0 Å². The Hall–Kier alpha value is -1.89. The first-order valence-electron chi connectivity index (χ1n) is 7.48. The average Bonchev–Trinajstić information content (AvgIpc) is 3.16. The van der Waals surface area contributed by atoms with Gasteiger partial charge in [-0.25, -0.2) is 18.7 Å². The Morgan fingerprint density at radius 1 is 1.59 bits per heavy atom. The van der Waals surface area contributed by atoms with Gasteiger partial charge in [-0.2, -0.15) is 9.97 Å². The topological polar surface area (TPSA) is 161 Å². The lowest BCUT2D eigenvalue weighted by molar-refractivity contribution is -0.141. The number of carbonyl (C=O) groups is 1. The van der Waals surface area contributed by atoms with E-state index in [0.29, 0.717) is 0 Å². The van der Waals surface area contributed by atoms with Crippen molar-refractivity contribution >= 4 is 42.4 Å². The minimum atomic E-state index is -4.32. The fourth-order valence-electron chi connectivity index (χ4n) is 2.87. The number of fused-ring (bicyclic) bond motifs is 2. The first-order valence-corrected chi connectivity index (χ1v) is 9.32. The van der Waals surface area contributed by atoms with E-state index in [1.165, 1.54) is 0 Å². The number of aromatic nitrogens is 4. The molecule has 3 N–H and O–H groups in total. The molecule has 0 spiro atoms. The highest BCUT2D eigenvalue weighted by atomic mass is 35.5. The molecule has 2 fully saturated rings. The van der Waals surface area contributed by atoms with Gasteiger partial charge in [0.25, 0.3) is 0 Å². The van der Waals surface area contributed by atoms with Crippen LogP contribution in [0.3, 0.4) is 0 Å². The van der Waals surface area contributed by atoms with Crippen LogP contribution in [0.2, 0.25) is 5.28 Å². The number of carboxylic acid groups (broad SMARTS) is 1. The third-order valence-electron chi connectivity index (χ3n) is 4.06. The second-order valence-electron chi connectivity index (χ2n) is 5.77. The van der Waals surface area contributed by atoms with Gasteiger partial charge in [0.05, 0.1) is 12.9 Å². The number of hydrogen-bond donors (Lipinski definition) is 2. The summed E-state index contributed by atoms with van der Waals surface area (Å²) in [5, 5.41) is 8.44. The number of nitrogen functional groups attached to an aromatic ring is 1. The normalized spacial score (nSPS) is 33.3. The van der Waals surface area contributed by atoms with Crippen molar-refractivity contribution in [3.8, 4) is 0 Å². The predicted octanol–water partition coefficient (Wildman–Crippen LogP) is 0.708. The van der Waals surface area contributed by atoms with Crippen molar-refractivity contribution in [2.75, 3.05) is 25.6 Å². The number of phosphoric acid groups is 1. The van der Waals surface area contributed by atoms with Gasteiger partial charge in [-0.1, -0.05) is 0 Å². The summed E-state index contributed by atoms with van der Waals surface area (Å²) < 4.78 is 49.5. The molecule has 0 amide bonds. The Bertz CT molecular complexity index is 975. The molecule has 4 atom stereocenters. The second kappa shape index (κ2) is 6.33. The van der Waals surface area contributed by atoms with Crippen LogP contribution in [-0.2, 0) is 33.5 Å². The molecule has 2 aliphatic rings. The number of alkyl halides is 1. The molecule has 2 aromatic heterocycles. The lowest BCUT2D eigenvalue weighted by Gasteiger charge is -2.34. The maximum Gasteiger partial charge on any atom is 0.475 e. The number of imidazole rings is 1. The number of nitrogens with zero attached hydrogens (tertiary/aromatic N) is 4. The Morgan fingerprint density at radius 2 is 2.37 bits per heavy atom. The zero-order valence-corrected chi connectivity index (χ0v) is 15.0. The molecule has 0 aliphatic carbocycles. The van der Waals surface area contributed by atoms with Crippen LogP contribution in [0.15, 0.2) is 6.33 Å². The number of phosphoric ester groups is 1. The summed E-state index contributed by atoms with van der Waals surface area (Å²) >= 11 is 5.79. The van der Waals surface area contributed by atoms with E-state index in [-0.39, 0.29) is 28.9 Å². The number of halogens is 2. The molecule has 4 heterocycles. The van der Waals surface area contributed by atoms with Crippen molar-refractivity contribution in [2.24, 2.45) is 0 Å². The third kappa shape index (κ3) is 3.06. The molecule has 0 saturated carbocycles. The van der Waals surface area contributed by atoms with E-state index >= 15 is 4.39 Å². The van der Waals surface area contributed by atoms with Gasteiger partial charge in [0.2, 0.25) is 11.1 Å². The fraction of sp³-hybridized carbons (Fsp3) is 0.500. The molecule has 2 aromatic rings. The van der Waals surface area contributed by atoms with Crippen LogP contribution >= 0.6 is 19.4 Å². The van der Waals surface area contributed by atoms with Crippen LogP contribution in [-0.4, -0.2) is 62.6 Å². The van der Waals surface area contributed by atoms with Crippen molar-refractivity contribution < 1.29 is 37.2 Å². The SMILES string of the molecule is Nc1nc(Cl)nc2c1ncn2C1(F)CO[C@@H]2COP(=O)(OCC(=O)O)OC21. The minimum absolute atomic E-state index is 0.0179.